The van der Waals surface area contributed by atoms with E-state index in [1.165, 1.54) is 40.4 Å². The van der Waals surface area contributed by atoms with Crippen molar-refractivity contribution in [2.75, 3.05) is 5.32 Å². The second kappa shape index (κ2) is 8.38. The molecule has 4 rings (SSSR count). The van der Waals surface area contributed by atoms with Crippen LogP contribution in [0.25, 0.3) is 22.5 Å². The van der Waals surface area contributed by atoms with Gasteiger partial charge in [-0.2, -0.15) is 0 Å². The van der Waals surface area contributed by atoms with Gasteiger partial charge in [-0.15, -0.1) is 11.3 Å². The fourth-order valence-corrected chi connectivity index (χ4v) is 3.58. The summed E-state index contributed by atoms with van der Waals surface area (Å²) in [6, 6.07) is 14.4. The monoisotopic (exact) mass is 420 g/mol. The minimum atomic E-state index is -0.372. The second-order valence-electron chi connectivity index (χ2n) is 6.59. The number of aryl methyl sites for hydroxylation is 1. The number of benzene rings is 2. The molecule has 1 amide bonds. The van der Waals surface area contributed by atoms with E-state index in [0.29, 0.717) is 16.9 Å². The van der Waals surface area contributed by atoms with Gasteiger partial charge in [-0.1, -0.05) is 18.2 Å². The van der Waals surface area contributed by atoms with Crippen LogP contribution in [0.1, 0.15) is 5.01 Å². The molecule has 2 heterocycles. The van der Waals surface area contributed by atoms with Gasteiger partial charge >= 0.3 is 0 Å². The number of carbonyl (C=O) groups excluding carboxylic acids is 1. The van der Waals surface area contributed by atoms with Crippen LogP contribution in [-0.2, 0) is 11.3 Å². The molecule has 0 aliphatic rings. The molecule has 8 heteroatoms. The Morgan fingerprint density at radius 2 is 1.90 bits per heavy atom. The normalized spacial score (nSPS) is 10.7. The number of rotatable bonds is 5. The summed E-state index contributed by atoms with van der Waals surface area (Å²) in [6.07, 6.45) is 1.32. The van der Waals surface area contributed by atoms with Crippen molar-refractivity contribution in [2.45, 2.75) is 13.5 Å². The van der Waals surface area contributed by atoms with Crippen LogP contribution in [-0.4, -0.2) is 20.4 Å². The first kappa shape index (κ1) is 19.7. The molecule has 0 unspecified atom stereocenters. The molecule has 0 aliphatic carbocycles. The van der Waals surface area contributed by atoms with Gasteiger partial charge in [0.2, 0.25) is 5.91 Å². The van der Waals surface area contributed by atoms with Gasteiger partial charge in [0.15, 0.2) is 0 Å². The number of thiazole rings is 1. The van der Waals surface area contributed by atoms with Crippen molar-refractivity contribution in [3.05, 3.63) is 87.5 Å². The average molecular weight is 420 g/mol. The summed E-state index contributed by atoms with van der Waals surface area (Å²) in [5.74, 6) is -0.718. The van der Waals surface area contributed by atoms with Crippen LogP contribution >= 0.6 is 11.3 Å². The molecule has 0 saturated carbocycles. The molecule has 0 spiro atoms. The standard InChI is InChI=1S/C22H17FN4O2S/c1-14-25-20(12-30-14)17-4-2-3-5-18(17)26-21(28)11-27-13-24-19(10-22(27)29)15-6-8-16(23)9-7-15/h2-10,12-13H,11H2,1H3,(H,26,28). The van der Waals surface area contributed by atoms with E-state index in [-0.39, 0.29) is 23.8 Å². The van der Waals surface area contributed by atoms with Crippen molar-refractivity contribution in [3.63, 3.8) is 0 Å². The fraction of sp³-hybridized carbons (Fsp3) is 0.0909. The molecule has 2 aromatic heterocycles. The van der Waals surface area contributed by atoms with Gasteiger partial charge in [0, 0.05) is 22.6 Å². The Hall–Kier alpha value is -3.65. The fourth-order valence-electron chi connectivity index (χ4n) is 2.97. The largest absolute Gasteiger partial charge is 0.324 e. The average Bonchev–Trinajstić information content (AvgIpc) is 3.16. The van der Waals surface area contributed by atoms with E-state index in [1.807, 2.05) is 30.5 Å². The quantitative estimate of drug-likeness (QED) is 0.527. The zero-order valence-corrected chi connectivity index (χ0v) is 16.8. The summed E-state index contributed by atoms with van der Waals surface area (Å²) in [4.78, 5) is 33.7. The summed E-state index contributed by atoms with van der Waals surface area (Å²) >= 11 is 1.53. The van der Waals surface area contributed by atoms with Gasteiger partial charge in [0.1, 0.15) is 12.4 Å². The molecule has 0 radical (unpaired) electrons. The Kier molecular flexibility index (Phi) is 5.49. The predicted octanol–water partition coefficient (Wildman–Crippen LogP) is 4.12. The minimum Gasteiger partial charge on any atom is -0.324 e. The van der Waals surface area contributed by atoms with Crippen molar-refractivity contribution in [1.82, 2.24) is 14.5 Å². The predicted molar refractivity (Wildman–Crippen MR) is 115 cm³/mol. The van der Waals surface area contributed by atoms with Gasteiger partial charge in [0.25, 0.3) is 5.56 Å². The Bertz CT molecular complexity index is 1260. The molecule has 0 fully saturated rings. The summed E-state index contributed by atoms with van der Waals surface area (Å²) in [6.45, 7) is 1.74. The highest BCUT2D eigenvalue weighted by Crippen LogP contribution is 2.28. The van der Waals surface area contributed by atoms with Gasteiger partial charge in [0.05, 0.1) is 28.4 Å². The van der Waals surface area contributed by atoms with E-state index in [9.17, 15) is 14.0 Å². The number of halogens is 1. The maximum atomic E-state index is 13.1. The molecule has 0 aliphatic heterocycles. The topological polar surface area (TPSA) is 76.9 Å². The molecule has 2 aromatic carbocycles. The van der Waals surface area contributed by atoms with Crippen LogP contribution in [0.4, 0.5) is 10.1 Å². The lowest BCUT2D eigenvalue weighted by atomic mass is 10.1. The first-order chi connectivity index (χ1) is 14.5. The van der Waals surface area contributed by atoms with Crippen LogP contribution in [0.5, 0.6) is 0 Å². The molecule has 0 saturated heterocycles. The van der Waals surface area contributed by atoms with Gasteiger partial charge in [-0.05, 0) is 37.3 Å². The summed E-state index contributed by atoms with van der Waals surface area (Å²) in [5, 5.41) is 5.71. The highest BCUT2D eigenvalue weighted by Gasteiger charge is 2.12. The molecule has 0 atom stereocenters. The third-order valence-corrected chi connectivity index (χ3v) is 5.20. The number of hydrogen-bond donors (Lipinski definition) is 1. The Balaban J connectivity index is 1.51. The van der Waals surface area contributed by atoms with Crippen molar-refractivity contribution in [3.8, 4) is 22.5 Å². The second-order valence-corrected chi connectivity index (χ2v) is 7.65. The molecule has 6 nitrogen and oxygen atoms in total. The van der Waals surface area contributed by atoms with E-state index >= 15 is 0 Å². The summed E-state index contributed by atoms with van der Waals surface area (Å²) < 4.78 is 14.3. The van der Waals surface area contributed by atoms with E-state index in [2.05, 4.69) is 15.3 Å². The number of nitrogens with zero attached hydrogens (tertiary/aromatic N) is 3. The number of para-hydroxylation sites is 1. The van der Waals surface area contributed by atoms with Crippen LogP contribution in [0.3, 0.4) is 0 Å². The smallest absolute Gasteiger partial charge is 0.254 e. The lowest BCUT2D eigenvalue weighted by Gasteiger charge is -2.11. The highest BCUT2D eigenvalue weighted by atomic mass is 32.1. The van der Waals surface area contributed by atoms with E-state index in [0.717, 1.165) is 16.3 Å². The third kappa shape index (κ3) is 4.33. The van der Waals surface area contributed by atoms with Crippen molar-refractivity contribution in [2.24, 2.45) is 0 Å². The van der Waals surface area contributed by atoms with Gasteiger partial charge in [-0.25, -0.2) is 14.4 Å². The number of anilines is 1. The summed E-state index contributed by atoms with van der Waals surface area (Å²) in [5.41, 5.74) is 2.89. The van der Waals surface area contributed by atoms with E-state index < -0.39 is 0 Å². The third-order valence-electron chi connectivity index (χ3n) is 4.43. The van der Waals surface area contributed by atoms with E-state index in [1.54, 1.807) is 18.2 Å². The lowest BCUT2D eigenvalue weighted by molar-refractivity contribution is -0.116. The molecular formula is C22H17FN4O2S. The number of nitrogens with one attached hydrogen (secondary N) is 1. The Labute approximate surface area is 175 Å². The molecule has 30 heavy (non-hydrogen) atoms. The van der Waals surface area contributed by atoms with Crippen LogP contribution in [0.15, 0.2) is 71.1 Å². The lowest BCUT2D eigenvalue weighted by Crippen LogP contribution is -2.27. The van der Waals surface area contributed by atoms with E-state index in [4.69, 9.17) is 0 Å². The van der Waals surface area contributed by atoms with Gasteiger partial charge in [-0.3, -0.25) is 14.2 Å². The molecule has 0 bridgehead atoms. The maximum absolute atomic E-state index is 13.1. The Morgan fingerprint density at radius 3 is 2.60 bits per heavy atom. The number of carbonyl (C=O) groups is 1. The highest BCUT2D eigenvalue weighted by molar-refractivity contribution is 7.09. The molecule has 1 N–H and O–H groups in total. The number of hydrogen-bond acceptors (Lipinski definition) is 5. The molecule has 4 aromatic rings. The Morgan fingerprint density at radius 1 is 1.13 bits per heavy atom. The summed E-state index contributed by atoms with van der Waals surface area (Å²) in [7, 11) is 0. The van der Waals surface area contributed by atoms with Crippen LogP contribution in [0.2, 0.25) is 0 Å². The SMILES string of the molecule is Cc1nc(-c2ccccc2NC(=O)Cn2cnc(-c3ccc(F)cc3)cc2=O)cs1. The van der Waals surface area contributed by atoms with Crippen molar-refractivity contribution in [1.29, 1.82) is 0 Å². The zero-order valence-electron chi connectivity index (χ0n) is 16.0. The first-order valence-electron chi connectivity index (χ1n) is 9.13. The number of amides is 1. The maximum Gasteiger partial charge on any atom is 0.254 e. The number of aromatic nitrogens is 3. The van der Waals surface area contributed by atoms with Crippen molar-refractivity contribution >= 4 is 22.9 Å². The minimum absolute atomic E-state index is 0.181. The van der Waals surface area contributed by atoms with Crippen LogP contribution < -0.4 is 10.9 Å². The molecular weight excluding hydrogens is 403 g/mol. The first-order valence-corrected chi connectivity index (χ1v) is 10.0. The zero-order chi connectivity index (χ0) is 21.1. The molecule has 150 valence electrons. The van der Waals surface area contributed by atoms with Gasteiger partial charge < -0.3 is 5.32 Å². The van der Waals surface area contributed by atoms with Crippen molar-refractivity contribution < 1.29 is 9.18 Å². The van der Waals surface area contributed by atoms with Crippen LogP contribution in [0, 0.1) is 12.7 Å².